The lowest BCUT2D eigenvalue weighted by Crippen LogP contribution is -2.54. The van der Waals surface area contributed by atoms with Crippen molar-refractivity contribution in [2.45, 2.75) is 59.3 Å². The minimum Gasteiger partial charge on any atom is -0.498 e. The first-order valence-electron chi connectivity index (χ1n) is 6.48. The molecule has 0 heterocycles. The van der Waals surface area contributed by atoms with Crippen molar-refractivity contribution in [3.05, 3.63) is 0 Å². The molecule has 9 heteroatoms. The fraction of sp³-hybridized carbons (Fsp3) is 0.900. The summed E-state index contributed by atoms with van der Waals surface area (Å²) >= 11 is 0. The third kappa shape index (κ3) is 10.6. The predicted octanol–water partition coefficient (Wildman–Crippen LogP) is 2.69. The molecular weight excluding hydrogens is 312 g/mol. The van der Waals surface area contributed by atoms with Crippen molar-refractivity contribution in [1.82, 2.24) is 0 Å². The van der Waals surface area contributed by atoms with E-state index in [-0.39, 0.29) is 5.97 Å². The van der Waals surface area contributed by atoms with Crippen LogP contribution in [0.5, 0.6) is 0 Å². The van der Waals surface area contributed by atoms with Crippen LogP contribution in [0.3, 0.4) is 0 Å². The van der Waals surface area contributed by atoms with Gasteiger partial charge in [0, 0.05) is 6.92 Å². The Kier molecular flexibility index (Phi) is 6.86. The van der Waals surface area contributed by atoms with Crippen molar-refractivity contribution in [2.75, 3.05) is 0 Å². The van der Waals surface area contributed by atoms with E-state index in [1.807, 2.05) is 32.7 Å². The second kappa shape index (κ2) is 6.78. The highest BCUT2D eigenvalue weighted by Crippen LogP contribution is 2.21. The highest BCUT2D eigenvalue weighted by Gasteiger charge is 2.40. The van der Waals surface area contributed by atoms with Crippen molar-refractivity contribution >= 4 is 40.7 Å². The van der Waals surface area contributed by atoms with Gasteiger partial charge >= 0.3 is 26.4 Å². The molecule has 0 saturated carbocycles. The average molecular weight is 341 g/mol. The maximum Gasteiger partial charge on any atom is 0.373 e. The van der Waals surface area contributed by atoms with Crippen molar-refractivity contribution in [2.24, 2.45) is 0 Å². The van der Waals surface area contributed by atoms with E-state index >= 15 is 0 Å². The maximum atomic E-state index is 10.9. The molecule has 0 aliphatic rings. The Bertz CT molecular complexity index is 314. The molecule has 0 aliphatic heterocycles. The minimum absolute atomic E-state index is 0.293. The molecular formula is C10H28O5Si4. The molecule has 0 rings (SSSR count). The van der Waals surface area contributed by atoms with Crippen molar-refractivity contribution in [3.63, 3.8) is 0 Å². The van der Waals surface area contributed by atoms with Gasteiger partial charge in [-0.2, -0.15) is 0 Å². The molecule has 19 heavy (non-hydrogen) atoms. The lowest BCUT2D eigenvalue weighted by atomic mass is 10.9. The molecule has 0 saturated heterocycles. The van der Waals surface area contributed by atoms with Crippen LogP contribution < -0.4 is 0 Å². The zero-order valence-electron chi connectivity index (χ0n) is 13.6. The maximum absolute atomic E-state index is 10.9. The van der Waals surface area contributed by atoms with E-state index < -0.39 is 34.7 Å². The Balaban J connectivity index is 4.53. The summed E-state index contributed by atoms with van der Waals surface area (Å²) in [6.45, 7) is 17.7. The van der Waals surface area contributed by atoms with Gasteiger partial charge in [0.2, 0.25) is 0 Å². The fourth-order valence-electron chi connectivity index (χ4n) is 2.03. The molecule has 0 aromatic rings. The summed E-state index contributed by atoms with van der Waals surface area (Å²) in [5.74, 6) is -0.293. The number of hydrogen-bond donors (Lipinski definition) is 0. The highest BCUT2D eigenvalue weighted by atomic mass is 28.5. The Morgan fingerprint density at radius 3 is 1.74 bits per heavy atom. The van der Waals surface area contributed by atoms with Crippen LogP contribution in [0.25, 0.3) is 0 Å². The first-order valence-corrected chi connectivity index (χ1v) is 17.6. The molecule has 0 aromatic heterocycles. The van der Waals surface area contributed by atoms with Crippen LogP contribution in [0.1, 0.15) is 6.92 Å². The summed E-state index contributed by atoms with van der Waals surface area (Å²) in [6, 6.07) is 0. The molecule has 1 unspecified atom stereocenters. The van der Waals surface area contributed by atoms with Gasteiger partial charge in [0.15, 0.2) is 8.32 Å². The van der Waals surface area contributed by atoms with E-state index in [9.17, 15) is 4.79 Å². The topological polar surface area (TPSA) is 54.0 Å². The molecule has 0 radical (unpaired) electrons. The molecule has 0 aromatic carbocycles. The summed E-state index contributed by atoms with van der Waals surface area (Å²) in [5, 5.41) is 0. The predicted molar refractivity (Wildman–Crippen MR) is 86.3 cm³/mol. The van der Waals surface area contributed by atoms with Crippen LogP contribution in [-0.2, 0) is 21.6 Å². The molecule has 0 amide bonds. The summed E-state index contributed by atoms with van der Waals surface area (Å²) in [5.41, 5.74) is 0. The van der Waals surface area contributed by atoms with Gasteiger partial charge in [-0.05, 0) is 52.4 Å². The Morgan fingerprint density at radius 2 is 1.37 bits per heavy atom. The minimum atomic E-state index is -2.32. The van der Waals surface area contributed by atoms with Gasteiger partial charge in [0.05, 0.1) is 0 Å². The smallest absolute Gasteiger partial charge is 0.373 e. The van der Waals surface area contributed by atoms with Gasteiger partial charge in [0.1, 0.15) is 0 Å². The second-order valence-electron chi connectivity index (χ2n) is 6.41. The van der Waals surface area contributed by atoms with Crippen molar-refractivity contribution in [3.8, 4) is 0 Å². The summed E-state index contributed by atoms with van der Waals surface area (Å²) < 4.78 is 23.3. The van der Waals surface area contributed by atoms with Crippen molar-refractivity contribution in [1.29, 1.82) is 0 Å². The van der Waals surface area contributed by atoms with Crippen LogP contribution in [0, 0.1) is 0 Å². The van der Waals surface area contributed by atoms with Crippen LogP contribution in [-0.4, -0.2) is 40.7 Å². The molecule has 114 valence electrons. The van der Waals surface area contributed by atoms with Crippen LogP contribution in [0.15, 0.2) is 0 Å². The lowest BCUT2D eigenvalue weighted by molar-refractivity contribution is -0.133. The van der Waals surface area contributed by atoms with E-state index in [4.69, 9.17) is 16.8 Å². The summed E-state index contributed by atoms with van der Waals surface area (Å²) in [4.78, 5) is 10.9. The molecule has 0 fully saturated rings. The van der Waals surface area contributed by atoms with E-state index in [2.05, 4.69) is 19.6 Å². The summed E-state index contributed by atoms with van der Waals surface area (Å²) in [7, 11) is -8.12. The monoisotopic (exact) mass is 340 g/mol. The average Bonchev–Trinajstić information content (AvgIpc) is 1.89. The number of carbonyl (C=O) groups excluding carboxylic acids is 1. The quantitative estimate of drug-likeness (QED) is 0.667. The molecule has 0 N–H and O–H groups in total. The van der Waals surface area contributed by atoms with E-state index in [1.165, 1.54) is 6.92 Å². The molecule has 0 aliphatic carbocycles. The fourth-order valence-corrected chi connectivity index (χ4v) is 17.7. The molecule has 0 bridgehead atoms. The van der Waals surface area contributed by atoms with Crippen LogP contribution in [0.2, 0.25) is 52.4 Å². The number of rotatable bonds is 7. The van der Waals surface area contributed by atoms with Gasteiger partial charge in [-0.25, -0.2) is 0 Å². The van der Waals surface area contributed by atoms with Gasteiger partial charge < -0.3 is 16.8 Å². The molecule has 5 nitrogen and oxygen atoms in total. The second-order valence-corrected chi connectivity index (χ2v) is 20.2. The lowest BCUT2D eigenvalue weighted by Gasteiger charge is -2.37. The standard InChI is InChI=1S/C10H28O5Si4/c1-10(11)12-16(2)13-18(6,7)15-19(8,9)14-17(3,4)5/h16H,1-9H3. The largest absolute Gasteiger partial charge is 0.498 e. The van der Waals surface area contributed by atoms with Crippen molar-refractivity contribution < 1.29 is 21.6 Å². The van der Waals surface area contributed by atoms with E-state index in [1.54, 1.807) is 0 Å². The van der Waals surface area contributed by atoms with Crippen LogP contribution in [0.4, 0.5) is 0 Å². The van der Waals surface area contributed by atoms with Crippen LogP contribution >= 0.6 is 0 Å². The first kappa shape index (κ1) is 19.2. The SMILES string of the molecule is CC(=O)O[SiH](C)O[Si](C)(C)O[Si](C)(C)O[Si](C)(C)C. The normalized spacial score (nSPS) is 15.2. The van der Waals surface area contributed by atoms with E-state index in [0.717, 1.165) is 0 Å². The Labute approximate surface area is 122 Å². The third-order valence-electron chi connectivity index (χ3n) is 1.83. The first-order chi connectivity index (χ1) is 8.22. The van der Waals surface area contributed by atoms with E-state index in [0.29, 0.717) is 0 Å². The zero-order valence-corrected chi connectivity index (χ0v) is 17.8. The highest BCUT2D eigenvalue weighted by molar-refractivity contribution is 6.87. The van der Waals surface area contributed by atoms with Gasteiger partial charge in [-0.1, -0.05) is 0 Å². The Morgan fingerprint density at radius 1 is 0.895 bits per heavy atom. The molecule has 0 spiro atoms. The number of hydrogen-bond acceptors (Lipinski definition) is 5. The number of carbonyl (C=O) groups is 1. The van der Waals surface area contributed by atoms with Gasteiger partial charge in [-0.15, -0.1) is 0 Å². The molecule has 1 atom stereocenters. The van der Waals surface area contributed by atoms with Gasteiger partial charge in [0.25, 0.3) is 5.97 Å². The van der Waals surface area contributed by atoms with Gasteiger partial charge in [-0.3, -0.25) is 4.79 Å². The zero-order chi connectivity index (χ0) is 15.5. The Hall–Kier alpha value is 0.218. The third-order valence-corrected chi connectivity index (χ3v) is 14.4. The summed E-state index contributed by atoms with van der Waals surface area (Å²) in [6.07, 6.45) is 0.